The molecule has 1 aliphatic rings. The molecule has 10 heteroatoms. The number of halogens is 2. The zero-order chi connectivity index (χ0) is 28.4. The van der Waals surface area contributed by atoms with Crippen molar-refractivity contribution < 1.29 is 28.6 Å². The van der Waals surface area contributed by atoms with Crippen LogP contribution in [0.3, 0.4) is 0 Å². The van der Waals surface area contributed by atoms with Gasteiger partial charge in [-0.3, -0.25) is 4.79 Å². The van der Waals surface area contributed by atoms with Crippen molar-refractivity contribution in [3.63, 3.8) is 0 Å². The Hall–Kier alpha value is -4.21. The number of thiophene rings is 1. The van der Waals surface area contributed by atoms with Gasteiger partial charge in [0.15, 0.2) is 5.78 Å². The highest BCUT2D eigenvalue weighted by Crippen LogP contribution is 2.52. The van der Waals surface area contributed by atoms with Crippen LogP contribution in [0.15, 0.2) is 91.0 Å². The number of carboxylic acids is 1. The van der Waals surface area contributed by atoms with Crippen molar-refractivity contribution in [1.82, 2.24) is 4.90 Å². The molecule has 4 atom stereocenters. The molecule has 2 N–H and O–H groups in total. The second kappa shape index (κ2) is 11.5. The Morgan fingerprint density at radius 3 is 2.30 bits per heavy atom. The van der Waals surface area contributed by atoms with E-state index in [0.717, 1.165) is 11.3 Å². The number of hydrogen-bond donors (Lipinski definition) is 2. The van der Waals surface area contributed by atoms with E-state index in [-0.39, 0.29) is 5.78 Å². The van der Waals surface area contributed by atoms with Gasteiger partial charge in [-0.1, -0.05) is 54.1 Å². The van der Waals surface area contributed by atoms with Gasteiger partial charge in [0.05, 0.1) is 28.3 Å². The number of ketones is 1. The molecule has 2 heterocycles. The average molecular weight is 579 g/mol. The Kier molecular flexibility index (Phi) is 7.86. The van der Waals surface area contributed by atoms with Gasteiger partial charge in [0.2, 0.25) is 0 Å². The molecule has 0 aliphatic carbocycles. The highest BCUT2D eigenvalue weighted by atomic mass is 35.5. The maximum absolute atomic E-state index is 14.2. The van der Waals surface area contributed by atoms with Gasteiger partial charge in [-0.2, -0.15) is 0 Å². The fourth-order valence-corrected chi connectivity index (χ4v) is 6.36. The van der Waals surface area contributed by atoms with Gasteiger partial charge in [-0.25, -0.2) is 14.0 Å². The SMILES string of the molecule is COc1cccc(C2C(C(=O)c3ccc(Cl)s3)C(c3ccc(F)cc3)N(C(=O)Nc3ccccc3)C2C(=O)O)c1. The van der Waals surface area contributed by atoms with Crippen molar-refractivity contribution in [3.05, 3.63) is 117 Å². The van der Waals surface area contributed by atoms with Crippen LogP contribution in [-0.4, -0.2) is 40.9 Å². The van der Waals surface area contributed by atoms with Crippen LogP contribution >= 0.6 is 22.9 Å². The number of urea groups is 1. The summed E-state index contributed by atoms with van der Waals surface area (Å²) in [6, 6.07) is 20.8. The fourth-order valence-electron chi connectivity index (χ4n) is 5.33. The van der Waals surface area contributed by atoms with Crippen molar-refractivity contribution in [2.75, 3.05) is 12.4 Å². The third kappa shape index (κ3) is 5.30. The number of methoxy groups -OCH3 is 1. The number of ether oxygens (including phenoxy) is 1. The highest BCUT2D eigenvalue weighted by Gasteiger charge is 2.58. The van der Waals surface area contributed by atoms with Crippen molar-refractivity contribution >= 4 is 46.4 Å². The van der Waals surface area contributed by atoms with Crippen LogP contribution in [0.5, 0.6) is 5.75 Å². The summed E-state index contributed by atoms with van der Waals surface area (Å²) in [7, 11) is 1.49. The van der Waals surface area contributed by atoms with Crippen LogP contribution in [0.1, 0.15) is 32.8 Å². The minimum absolute atomic E-state index is 0.324. The number of para-hydroxylation sites is 1. The molecule has 204 valence electrons. The molecule has 2 amide bonds. The summed E-state index contributed by atoms with van der Waals surface area (Å²) in [5.74, 6) is -3.72. The third-order valence-corrected chi connectivity index (χ3v) is 8.23. The summed E-state index contributed by atoms with van der Waals surface area (Å²) in [4.78, 5) is 42.7. The zero-order valence-electron chi connectivity index (χ0n) is 21.2. The molecule has 4 aromatic rings. The maximum Gasteiger partial charge on any atom is 0.327 e. The Morgan fingerprint density at radius 1 is 0.950 bits per heavy atom. The summed E-state index contributed by atoms with van der Waals surface area (Å²) in [5, 5.41) is 13.4. The number of rotatable bonds is 7. The molecule has 1 fully saturated rings. The molecule has 0 radical (unpaired) electrons. The number of nitrogens with zero attached hydrogens (tertiary/aromatic N) is 1. The lowest BCUT2D eigenvalue weighted by Crippen LogP contribution is -2.45. The highest BCUT2D eigenvalue weighted by molar-refractivity contribution is 7.18. The van der Waals surface area contributed by atoms with Crippen LogP contribution in [0.4, 0.5) is 14.9 Å². The van der Waals surface area contributed by atoms with E-state index in [1.807, 2.05) is 0 Å². The molecule has 0 spiro atoms. The summed E-state index contributed by atoms with van der Waals surface area (Å²) >= 11 is 7.24. The number of carbonyl (C=O) groups excluding carboxylic acids is 2. The summed E-state index contributed by atoms with van der Waals surface area (Å²) in [6.45, 7) is 0. The topological polar surface area (TPSA) is 95.9 Å². The number of carbonyl (C=O) groups is 3. The Morgan fingerprint density at radius 2 is 1.68 bits per heavy atom. The van der Waals surface area contributed by atoms with Crippen LogP contribution in [0, 0.1) is 11.7 Å². The first-order valence-corrected chi connectivity index (χ1v) is 13.5. The van der Waals surface area contributed by atoms with Gasteiger partial charge in [0.1, 0.15) is 17.6 Å². The zero-order valence-corrected chi connectivity index (χ0v) is 22.7. The van der Waals surface area contributed by atoms with E-state index in [0.29, 0.717) is 31.8 Å². The molecule has 0 saturated carbocycles. The molecule has 3 aromatic carbocycles. The summed E-state index contributed by atoms with van der Waals surface area (Å²) < 4.78 is 19.8. The minimum atomic E-state index is -1.45. The molecule has 0 bridgehead atoms. The number of amides is 2. The van der Waals surface area contributed by atoms with Crippen molar-refractivity contribution in [2.45, 2.75) is 18.0 Å². The Balaban J connectivity index is 1.73. The molecule has 1 saturated heterocycles. The van der Waals surface area contributed by atoms with Gasteiger partial charge in [0.25, 0.3) is 0 Å². The monoisotopic (exact) mass is 578 g/mol. The lowest BCUT2D eigenvalue weighted by atomic mass is 9.77. The second-order valence-corrected chi connectivity index (χ2v) is 11.0. The predicted molar refractivity (Wildman–Crippen MR) is 151 cm³/mol. The first-order chi connectivity index (χ1) is 19.3. The molecule has 7 nitrogen and oxygen atoms in total. The lowest BCUT2D eigenvalue weighted by molar-refractivity contribution is -0.142. The molecular weight excluding hydrogens is 555 g/mol. The van der Waals surface area contributed by atoms with E-state index in [1.165, 1.54) is 36.3 Å². The first-order valence-electron chi connectivity index (χ1n) is 12.3. The smallest absolute Gasteiger partial charge is 0.327 e. The minimum Gasteiger partial charge on any atom is -0.497 e. The second-order valence-electron chi connectivity index (χ2n) is 9.28. The normalized spacial score (nSPS) is 20.2. The van der Waals surface area contributed by atoms with Gasteiger partial charge in [-0.15, -0.1) is 11.3 Å². The lowest BCUT2D eigenvalue weighted by Gasteiger charge is -2.30. The van der Waals surface area contributed by atoms with Crippen LogP contribution in [-0.2, 0) is 4.79 Å². The van der Waals surface area contributed by atoms with E-state index in [1.54, 1.807) is 66.7 Å². The van der Waals surface area contributed by atoms with E-state index in [9.17, 15) is 23.9 Å². The number of aliphatic carboxylic acids is 1. The number of anilines is 1. The molecule has 4 unspecified atom stereocenters. The van der Waals surface area contributed by atoms with E-state index >= 15 is 0 Å². The van der Waals surface area contributed by atoms with Gasteiger partial charge >= 0.3 is 12.0 Å². The molecule has 40 heavy (non-hydrogen) atoms. The van der Waals surface area contributed by atoms with Crippen molar-refractivity contribution in [3.8, 4) is 5.75 Å². The number of Topliss-reactive ketones (excluding diaryl/α,β-unsaturated/α-hetero) is 1. The number of nitrogens with one attached hydrogen (secondary N) is 1. The molecule has 1 aliphatic heterocycles. The van der Waals surface area contributed by atoms with E-state index < -0.39 is 41.7 Å². The fraction of sp³-hybridized carbons (Fsp3) is 0.167. The number of likely N-dealkylation sites (tertiary alicyclic amines) is 1. The number of benzene rings is 3. The largest absolute Gasteiger partial charge is 0.497 e. The third-order valence-electron chi connectivity index (χ3n) is 6.99. The number of hydrogen-bond acceptors (Lipinski definition) is 5. The maximum atomic E-state index is 14.2. The van der Waals surface area contributed by atoms with E-state index in [4.69, 9.17) is 16.3 Å². The summed E-state index contributed by atoms with van der Waals surface area (Å²) in [5.41, 5.74) is 1.38. The van der Waals surface area contributed by atoms with Crippen molar-refractivity contribution in [2.24, 2.45) is 5.92 Å². The van der Waals surface area contributed by atoms with Crippen molar-refractivity contribution in [1.29, 1.82) is 0 Å². The standard InChI is InChI=1S/C30H24ClFN2O5S/c1-39-21-9-5-6-18(16-21)24-25(28(35)22-14-15-23(31)40-22)26(17-10-12-19(32)13-11-17)34(27(24)29(36)37)30(38)33-20-7-3-2-4-8-20/h2-16,24-27H,1H3,(H,33,38)(H,36,37). The molecule has 5 rings (SSSR count). The molecular formula is C30H24ClFN2O5S. The van der Waals surface area contributed by atoms with Crippen LogP contribution in [0.2, 0.25) is 4.34 Å². The summed E-state index contributed by atoms with van der Waals surface area (Å²) in [6.07, 6.45) is 0. The predicted octanol–water partition coefficient (Wildman–Crippen LogP) is 6.87. The average Bonchev–Trinajstić information content (AvgIpc) is 3.55. The van der Waals surface area contributed by atoms with Gasteiger partial charge in [-0.05, 0) is 59.7 Å². The Labute approximate surface area is 238 Å². The quantitative estimate of drug-likeness (QED) is 0.233. The number of carboxylic acid groups (broad SMARTS) is 1. The van der Waals surface area contributed by atoms with Crippen LogP contribution < -0.4 is 10.1 Å². The molecule has 1 aromatic heterocycles. The Bertz CT molecular complexity index is 1550. The van der Waals surface area contributed by atoms with Gasteiger partial charge in [0, 0.05) is 11.6 Å². The van der Waals surface area contributed by atoms with Crippen LogP contribution in [0.25, 0.3) is 0 Å². The van der Waals surface area contributed by atoms with Gasteiger partial charge < -0.3 is 20.1 Å². The first kappa shape index (κ1) is 27.4. The van der Waals surface area contributed by atoms with E-state index in [2.05, 4.69) is 5.32 Å².